The first-order valence-electron chi connectivity index (χ1n) is 10.7. The average molecular weight is 410 g/mol. The minimum absolute atomic E-state index is 0.813. The first-order valence-corrected chi connectivity index (χ1v) is 13.5. The molecule has 0 spiro atoms. The fraction of sp³-hybridized carbons (Fsp3) is 0.0714. The molecule has 0 unspecified atom stereocenters. The highest BCUT2D eigenvalue weighted by molar-refractivity contribution is 6.86. The maximum atomic E-state index is 3.05. The summed E-state index contributed by atoms with van der Waals surface area (Å²) in [7, 11) is 0. The Kier molecular flexibility index (Phi) is 4.57. The van der Waals surface area contributed by atoms with Gasteiger partial charge in [0, 0.05) is 0 Å². The Hall–Kier alpha value is -2.32. The predicted octanol–water partition coefficient (Wildman–Crippen LogP) is 5.84. The summed E-state index contributed by atoms with van der Waals surface area (Å²) < 4.78 is 3.01. The Morgan fingerprint density at radius 3 is 1.60 bits per heavy atom. The SMILES string of the molecule is [Al][c]1c2cc(-c3ccccc3)ccc2[c]([Al]2[CH2][CH2]2)c2cc(-c3ccccc3)ccc12. The highest BCUT2D eigenvalue weighted by atomic mass is 27.2. The molecule has 1 aliphatic rings. The van der Waals surface area contributed by atoms with Gasteiger partial charge in [0.1, 0.15) is 0 Å². The normalized spacial score (nSPS) is 13.1. The Balaban J connectivity index is 1.64. The Morgan fingerprint density at radius 2 is 1.03 bits per heavy atom. The lowest BCUT2D eigenvalue weighted by Crippen LogP contribution is -2.22. The van der Waals surface area contributed by atoms with Crippen LogP contribution < -0.4 is 8.85 Å². The highest BCUT2D eigenvalue weighted by Gasteiger charge is 2.35. The zero-order valence-electron chi connectivity index (χ0n) is 16.8. The van der Waals surface area contributed by atoms with Gasteiger partial charge in [0.05, 0.1) is 0 Å². The second kappa shape index (κ2) is 7.43. The summed E-state index contributed by atoms with van der Waals surface area (Å²) >= 11 is 2.24. The molecular weight excluding hydrogens is 390 g/mol. The van der Waals surface area contributed by atoms with E-state index in [0.717, 1.165) is 0 Å². The minimum atomic E-state index is -0.813. The molecular formula is C28H20Al2. The van der Waals surface area contributed by atoms with E-state index in [1.807, 2.05) is 0 Å². The summed E-state index contributed by atoms with van der Waals surface area (Å²) in [5, 5.41) is 8.64. The topological polar surface area (TPSA) is 0 Å². The molecule has 0 amide bonds. The van der Waals surface area contributed by atoms with Crippen molar-refractivity contribution in [3.8, 4) is 22.3 Å². The Bertz CT molecular complexity index is 1380. The Morgan fingerprint density at radius 1 is 0.500 bits per heavy atom. The van der Waals surface area contributed by atoms with Crippen LogP contribution in [0.3, 0.4) is 0 Å². The molecule has 0 bridgehead atoms. The molecule has 0 aliphatic carbocycles. The first kappa shape index (κ1) is 18.5. The number of hydrogen-bond donors (Lipinski definition) is 0. The van der Waals surface area contributed by atoms with Crippen LogP contribution in [0.1, 0.15) is 0 Å². The third-order valence-electron chi connectivity index (χ3n) is 6.40. The molecule has 1 heterocycles. The molecule has 0 nitrogen and oxygen atoms in total. The lowest BCUT2D eigenvalue weighted by atomic mass is 9.96. The van der Waals surface area contributed by atoms with Gasteiger partial charge in [-0.25, -0.2) is 0 Å². The van der Waals surface area contributed by atoms with Crippen molar-refractivity contribution in [2.24, 2.45) is 0 Å². The lowest BCUT2D eigenvalue weighted by molar-refractivity contribution is 1.65. The van der Waals surface area contributed by atoms with Gasteiger partial charge < -0.3 is 0 Å². The number of rotatable bonds is 3. The summed E-state index contributed by atoms with van der Waals surface area (Å²) in [6, 6.07) is 35.7. The molecule has 5 aromatic rings. The van der Waals surface area contributed by atoms with Gasteiger partial charge in [-0.3, -0.25) is 0 Å². The molecule has 138 valence electrons. The molecule has 1 saturated heterocycles. The van der Waals surface area contributed by atoms with Crippen LogP contribution >= 0.6 is 0 Å². The van der Waals surface area contributed by atoms with Crippen molar-refractivity contribution in [1.82, 2.24) is 0 Å². The van der Waals surface area contributed by atoms with E-state index in [2.05, 4.69) is 113 Å². The average Bonchev–Trinajstić information content (AvgIpc) is 3.65. The van der Waals surface area contributed by atoms with E-state index < -0.39 is 14.1 Å². The van der Waals surface area contributed by atoms with Crippen molar-refractivity contribution in [2.45, 2.75) is 10.6 Å². The zero-order valence-corrected chi connectivity index (χ0v) is 19.1. The molecule has 6 rings (SSSR count). The minimum Gasteiger partial charge on any atom is -0.124 e. The second-order valence-corrected chi connectivity index (χ2v) is 12.1. The quantitative estimate of drug-likeness (QED) is 0.259. The molecule has 30 heavy (non-hydrogen) atoms. The smallest absolute Gasteiger partial charge is 0.124 e. The van der Waals surface area contributed by atoms with Gasteiger partial charge in [-0.2, -0.15) is 0 Å². The van der Waals surface area contributed by atoms with Crippen molar-refractivity contribution >= 4 is 60.8 Å². The monoisotopic (exact) mass is 410 g/mol. The largest absolute Gasteiger partial charge is 0.305 e. The first-order chi connectivity index (χ1) is 14.8. The van der Waals surface area contributed by atoms with Gasteiger partial charge in [-0.1, -0.05) is 89.4 Å². The van der Waals surface area contributed by atoms with E-state index in [1.165, 1.54) is 58.8 Å². The van der Waals surface area contributed by atoms with E-state index in [9.17, 15) is 0 Å². The fourth-order valence-corrected chi connectivity index (χ4v) is 7.83. The highest BCUT2D eigenvalue weighted by Crippen LogP contribution is 2.32. The third kappa shape index (κ3) is 3.13. The molecule has 5 aromatic carbocycles. The summed E-state index contributed by atoms with van der Waals surface area (Å²) in [6.07, 6.45) is 0. The number of hydrogen-bond acceptors (Lipinski definition) is 0. The fourth-order valence-electron chi connectivity index (χ4n) is 4.73. The van der Waals surface area contributed by atoms with Crippen LogP contribution in [-0.2, 0) is 0 Å². The summed E-state index contributed by atoms with van der Waals surface area (Å²) in [4.78, 5) is 0. The van der Waals surface area contributed by atoms with Crippen molar-refractivity contribution < 1.29 is 0 Å². The van der Waals surface area contributed by atoms with E-state index in [1.54, 1.807) is 4.43 Å². The number of benzene rings is 5. The van der Waals surface area contributed by atoms with Crippen molar-refractivity contribution in [3.63, 3.8) is 0 Å². The third-order valence-corrected chi connectivity index (χ3v) is 9.61. The van der Waals surface area contributed by atoms with Gasteiger partial charge in [-0.15, -0.1) is 15.0 Å². The standard InChI is InChI=1S/C26H16.C2H4.2Al/c1-3-7-19(8-4-1)21-11-13-23-18-26-16-22(20-9-5-2-6-10-20)12-14-24(26)17-25(23)15-21;1-2;;/h1-16H;1-2H2;;. The second-order valence-electron chi connectivity index (χ2n) is 8.35. The zero-order chi connectivity index (χ0) is 20.1. The maximum Gasteiger partial charge on any atom is 0.305 e. The molecule has 1 aliphatic heterocycles. The van der Waals surface area contributed by atoms with Gasteiger partial charge in [0.15, 0.2) is 16.3 Å². The Labute approximate surface area is 190 Å². The molecule has 0 N–H and O–H groups in total. The van der Waals surface area contributed by atoms with E-state index in [4.69, 9.17) is 0 Å². The van der Waals surface area contributed by atoms with Crippen LogP contribution in [0.4, 0.5) is 0 Å². The van der Waals surface area contributed by atoms with E-state index in [-0.39, 0.29) is 0 Å². The number of fused-ring (bicyclic) bond motifs is 2. The van der Waals surface area contributed by atoms with Crippen LogP contribution in [0.2, 0.25) is 10.6 Å². The van der Waals surface area contributed by atoms with Gasteiger partial charge in [0.25, 0.3) is 0 Å². The summed E-state index contributed by atoms with van der Waals surface area (Å²) in [5.74, 6) is 0. The van der Waals surface area contributed by atoms with E-state index >= 15 is 0 Å². The summed E-state index contributed by atoms with van der Waals surface area (Å²) in [5.41, 5.74) is 5.21. The molecule has 1 fully saturated rings. The lowest BCUT2D eigenvalue weighted by Gasteiger charge is -2.17. The molecule has 2 radical (unpaired) electrons. The maximum absolute atomic E-state index is 3.05. The van der Waals surface area contributed by atoms with Crippen LogP contribution in [0, 0.1) is 0 Å². The van der Waals surface area contributed by atoms with Gasteiger partial charge in [0.2, 0.25) is 0 Å². The van der Waals surface area contributed by atoms with Gasteiger partial charge >= 0.3 is 14.1 Å². The van der Waals surface area contributed by atoms with E-state index in [0.29, 0.717) is 0 Å². The van der Waals surface area contributed by atoms with Crippen LogP contribution in [0.15, 0.2) is 97.1 Å². The van der Waals surface area contributed by atoms with Crippen molar-refractivity contribution in [2.75, 3.05) is 0 Å². The summed E-state index contributed by atoms with van der Waals surface area (Å²) in [6.45, 7) is 0. The van der Waals surface area contributed by atoms with Crippen LogP contribution in [0.5, 0.6) is 0 Å². The van der Waals surface area contributed by atoms with Gasteiger partial charge in [-0.05, 0) is 55.9 Å². The molecule has 0 atom stereocenters. The molecule has 0 saturated carbocycles. The molecule has 0 aromatic heterocycles. The van der Waals surface area contributed by atoms with Crippen molar-refractivity contribution in [3.05, 3.63) is 97.1 Å². The predicted molar refractivity (Wildman–Crippen MR) is 133 cm³/mol. The van der Waals surface area contributed by atoms with Crippen LogP contribution in [-0.4, -0.2) is 30.4 Å². The van der Waals surface area contributed by atoms with Crippen LogP contribution in [0.25, 0.3) is 43.8 Å². The van der Waals surface area contributed by atoms with Crippen molar-refractivity contribution in [1.29, 1.82) is 0 Å². The molecule has 2 heteroatoms.